The molecule has 3 rings (SSSR count). The van der Waals surface area contributed by atoms with Crippen LogP contribution < -0.4 is 11.1 Å². The van der Waals surface area contributed by atoms with E-state index >= 15 is 0 Å². The molecular formula is C18H22N6O3. The molecule has 3 aromatic rings. The first kappa shape index (κ1) is 18.7. The molecule has 0 fully saturated rings. The zero-order chi connectivity index (χ0) is 19.4. The van der Waals surface area contributed by atoms with E-state index in [4.69, 9.17) is 10.5 Å². The number of benzene rings is 1. The lowest BCUT2D eigenvalue weighted by Gasteiger charge is -2.08. The number of aliphatic hydroxyl groups excluding tert-OH is 1. The van der Waals surface area contributed by atoms with Crippen LogP contribution in [0, 0.1) is 5.92 Å². The summed E-state index contributed by atoms with van der Waals surface area (Å²) < 4.78 is 6.69. The van der Waals surface area contributed by atoms with Crippen LogP contribution in [0.5, 0.6) is 0 Å². The highest BCUT2D eigenvalue weighted by Crippen LogP contribution is 2.27. The number of aliphatic hydroxyl groups is 1. The van der Waals surface area contributed by atoms with Crippen LogP contribution in [-0.4, -0.2) is 37.4 Å². The smallest absolute Gasteiger partial charge is 0.327 e. The lowest BCUT2D eigenvalue weighted by Crippen LogP contribution is -2.17. The third kappa shape index (κ3) is 4.57. The number of nitrogens with zero attached hydrogens (tertiary/aromatic N) is 4. The van der Waals surface area contributed by atoms with E-state index < -0.39 is 12.2 Å². The number of carbonyl (C=O) groups excluding carboxylic acids is 1. The quantitative estimate of drug-likeness (QED) is 0.424. The Hall–Kier alpha value is -3.04. The average Bonchev–Trinajstić information content (AvgIpc) is 2.99. The molecule has 27 heavy (non-hydrogen) atoms. The zero-order valence-electron chi connectivity index (χ0n) is 15.2. The van der Waals surface area contributed by atoms with Gasteiger partial charge in [0.25, 0.3) is 0 Å². The standard InChI is InChI=1S/C18H22N6O3/c1-11(2)9-27-16(25)8-24-15-4-3-12(22-13-6-20-10-21-7-13)5-14(15)17(23-24)18(19)26/h3-7,10-11,18,22,26H,8-9,19H2,1-2H3. The van der Waals surface area contributed by atoms with Crippen molar-refractivity contribution in [3.8, 4) is 0 Å². The van der Waals surface area contributed by atoms with Crippen molar-refractivity contribution in [2.24, 2.45) is 11.7 Å². The maximum absolute atomic E-state index is 12.0. The van der Waals surface area contributed by atoms with Gasteiger partial charge < -0.3 is 20.9 Å². The SMILES string of the molecule is CC(C)COC(=O)Cn1nc(C(N)O)c2cc(Nc3cncnc3)ccc21. The molecule has 0 radical (unpaired) electrons. The van der Waals surface area contributed by atoms with Crippen molar-refractivity contribution in [2.75, 3.05) is 11.9 Å². The zero-order valence-corrected chi connectivity index (χ0v) is 15.2. The fourth-order valence-corrected chi connectivity index (χ4v) is 2.58. The van der Waals surface area contributed by atoms with E-state index in [0.717, 1.165) is 11.4 Å². The Kier molecular flexibility index (Phi) is 5.63. The highest BCUT2D eigenvalue weighted by Gasteiger charge is 2.18. The molecular weight excluding hydrogens is 348 g/mol. The van der Waals surface area contributed by atoms with Crippen LogP contribution in [-0.2, 0) is 16.1 Å². The van der Waals surface area contributed by atoms with Gasteiger partial charge in [0.1, 0.15) is 24.8 Å². The summed E-state index contributed by atoms with van der Waals surface area (Å²) in [6.45, 7) is 4.21. The predicted molar refractivity (Wildman–Crippen MR) is 100.0 cm³/mol. The van der Waals surface area contributed by atoms with E-state index in [1.807, 2.05) is 19.9 Å². The molecule has 0 spiro atoms. The molecule has 4 N–H and O–H groups in total. The molecule has 9 heteroatoms. The fourth-order valence-electron chi connectivity index (χ4n) is 2.58. The molecule has 0 amide bonds. The van der Waals surface area contributed by atoms with Gasteiger partial charge in [0, 0.05) is 11.1 Å². The monoisotopic (exact) mass is 370 g/mol. The minimum absolute atomic E-state index is 0.0603. The van der Waals surface area contributed by atoms with Gasteiger partial charge in [-0.2, -0.15) is 5.10 Å². The van der Waals surface area contributed by atoms with Crippen LogP contribution in [0.15, 0.2) is 36.9 Å². The highest BCUT2D eigenvalue weighted by atomic mass is 16.5. The number of nitrogens with two attached hydrogens (primary N) is 1. The second-order valence-electron chi connectivity index (χ2n) is 6.55. The summed E-state index contributed by atoms with van der Waals surface area (Å²) in [7, 11) is 0. The van der Waals surface area contributed by atoms with Crippen molar-refractivity contribution in [1.82, 2.24) is 19.7 Å². The second-order valence-corrected chi connectivity index (χ2v) is 6.55. The number of esters is 1. The molecule has 9 nitrogen and oxygen atoms in total. The van der Waals surface area contributed by atoms with Gasteiger partial charge in [-0.3, -0.25) is 9.48 Å². The Morgan fingerprint density at radius 3 is 2.70 bits per heavy atom. The van der Waals surface area contributed by atoms with E-state index in [0.29, 0.717) is 17.5 Å². The minimum Gasteiger partial charge on any atom is -0.464 e. The number of aromatic nitrogens is 4. The summed E-state index contributed by atoms with van der Waals surface area (Å²) in [6.07, 6.45) is 3.46. The molecule has 2 heterocycles. The van der Waals surface area contributed by atoms with Crippen LogP contribution in [0.4, 0.5) is 11.4 Å². The van der Waals surface area contributed by atoms with Crippen LogP contribution in [0.1, 0.15) is 25.8 Å². The molecule has 1 unspecified atom stereocenters. The Balaban J connectivity index is 1.89. The van der Waals surface area contributed by atoms with Gasteiger partial charge in [0.15, 0.2) is 0 Å². The van der Waals surface area contributed by atoms with Crippen molar-refractivity contribution in [1.29, 1.82) is 0 Å². The number of carbonyl (C=O) groups is 1. The molecule has 1 atom stereocenters. The van der Waals surface area contributed by atoms with E-state index in [-0.39, 0.29) is 18.2 Å². The third-order valence-corrected chi connectivity index (χ3v) is 3.76. The van der Waals surface area contributed by atoms with Gasteiger partial charge in [-0.25, -0.2) is 9.97 Å². The van der Waals surface area contributed by atoms with Crippen molar-refractivity contribution in [3.05, 3.63) is 42.6 Å². The lowest BCUT2D eigenvalue weighted by atomic mass is 10.1. The first-order chi connectivity index (χ1) is 12.9. The number of hydrogen-bond acceptors (Lipinski definition) is 8. The van der Waals surface area contributed by atoms with E-state index in [1.54, 1.807) is 24.5 Å². The van der Waals surface area contributed by atoms with Crippen molar-refractivity contribution in [2.45, 2.75) is 26.6 Å². The van der Waals surface area contributed by atoms with Crippen LogP contribution >= 0.6 is 0 Å². The lowest BCUT2D eigenvalue weighted by molar-refractivity contribution is -0.145. The largest absolute Gasteiger partial charge is 0.464 e. The van der Waals surface area contributed by atoms with Crippen molar-refractivity contribution in [3.63, 3.8) is 0 Å². The summed E-state index contributed by atoms with van der Waals surface area (Å²) >= 11 is 0. The average molecular weight is 370 g/mol. The van der Waals surface area contributed by atoms with Crippen LogP contribution in [0.25, 0.3) is 10.9 Å². The normalized spacial score (nSPS) is 12.3. The maximum Gasteiger partial charge on any atom is 0.327 e. The number of fused-ring (bicyclic) bond motifs is 1. The molecule has 0 bridgehead atoms. The summed E-state index contributed by atoms with van der Waals surface area (Å²) in [5, 5.41) is 18.0. The van der Waals surface area contributed by atoms with Gasteiger partial charge in [0.05, 0.1) is 30.2 Å². The number of anilines is 2. The summed E-state index contributed by atoms with van der Waals surface area (Å²) in [5.41, 5.74) is 8.08. The summed E-state index contributed by atoms with van der Waals surface area (Å²) in [6, 6.07) is 5.44. The third-order valence-electron chi connectivity index (χ3n) is 3.76. The molecule has 142 valence electrons. The molecule has 2 aromatic heterocycles. The van der Waals surface area contributed by atoms with Gasteiger partial charge in [-0.05, 0) is 24.1 Å². The number of rotatable bonds is 7. The Bertz CT molecular complexity index is 923. The minimum atomic E-state index is -1.27. The number of ether oxygens (including phenoxy) is 1. The van der Waals surface area contributed by atoms with Crippen molar-refractivity contribution < 1.29 is 14.6 Å². The van der Waals surface area contributed by atoms with Crippen LogP contribution in [0.2, 0.25) is 0 Å². The van der Waals surface area contributed by atoms with Crippen LogP contribution in [0.3, 0.4) is 0 Å². The van der Waals surface area contributed by atoms with Crippen molar-refractivity contribution >= 4 is 28.2 Å². The topological polar surface area (TPSA) is 128 Å². The van der Waals surface area contributed by atoms with E-state index in [9.17, 15) is 9.90 Å². The molecule has 0 saturated carbocycles. The van der Waals surface area contributed by atoms with Gasteiger partial charge in [-0.15, -0.1) is 0 Å². The Labute approximate surface area is 156 Å². The fraction of sp³-hybridized carbons (Fsp3) is 0.333. The summed E-state index contributed by atoms with van der Waals surface area (Å²) in [5.74, 6) is -0.143. The molecule has 0 saturated heterocycles. The molecule has 0 aliphatic heterocycles. The number of nitrogens with one attached hydrogen (secondary N) is 1. The predicted octanol–water partition coefficient (Wildman–Crippen LogP) is 1.72. The number of hydrogen-bond donors (Lipinski definition) is 3. The Morgan fingerprint density at radius 1 is 1.30 bits per heavy atom. The highest BCUT2D eigenvalue weighted by molar-refractivity contribution is 5.87. The maximum atomic E-state index is 12.0. The van der Waals surface area contributed by atoms with E-state index in [1.165, 1.54) is 11.0 Å². The first-order valence-electron chi connectivity index (χ1n) is 8.56. The first-order valence-corrected chi connectivity index (χ1v) is 8.56. The Morgan fingerprint density at radius 2 is 2.04 bits per heavy atom. The van der Waals surface area contributed by atoms with Gasteiger partial charge in [0.2, 0.25) is 0 Å². The molecule has 0 aliphatic carbocycles. The van der Waals surface area contributed by atoms with Gasteiger partial charge in [-0.1, -0.05) is 13.8 Å². The molecule has 1 aromatic carbocycles. The summed E-state index contributed by atoms with van der Waals surface area (Å²) in [4.78, 5) is 20.0. The second kappa shape index (κ2) is 8.11. The van der Waals surface area contributed by atoms with E-state index in [2.05, 4.69) is 20.4 Å². The molecule has 0 aliphatic rings. The van der Waals surface area contributed by atoms with Gasteiger partial charge >= 0.3 is 5.97 Å².